The van der Waals surface area contributed by atoms with E-state index in [2.05, 4.69) is 224 Å². The molecule has 3 aromatic heterocycles. The molecule has 0 aliphatic carbocycles. The van der Waals surface area contributed by atoms with Crippen LogP contribution < -0.4 is 26.2 Å². The van der Waals surface area contributed by atoms with E-state index in [0.717, 1.165) is 100 Å². The molecule has 0 saturated heterocycles. The third-order valence-corrected chi connectivity index (χ3v) is 20.2. The third kappa shape index (κ3) is 9.69. The smallest absolute Gasteiger partial charge is 0.252 e. The van der Waals surface area contributed by atoms with Crippen LogP contribution in [0.5, 0.6) is 0 Å². The molecule has 5 nitrogen and oxygen atoms in total. The minimum absolute atomic E-state index is 0.0290. The Morgan fingerprint density at radius 3 is 0.854 bits per heavy atom. The molecular formula is C90H90BN5. The van der Waals surface area contributed by atoms with Crippen LogP contribution in [0.3, 0.4) is 0 Å². The SMILES string of the molecule is [2H]c1c([2H])c([2H])c2c(c1[2H])c1c([2H])c([2H])c([2H])c([2H])c1n2-c1ccc2c(c1)N(c1cc(C(C)(C)C)cc(C(C)(C)C)c1)c1cc(-n3c4ccc(C(C)(C)C)cc4c4cc(C(C)(C)C)ccc43)cc3c1B2c1ccc(-n2c4c([2H])c([2H])c([2H])c([2H])c4c4c([2H])c([2H])c([2H])c([2H])c42)cc1N3c1cc(C(C)(C)C)cc(C(C)(C)C)c1. The quantitative estimate of drug-likeness (QED) is 0.160. The molecule has 0 atom stereocenters. The summed E-state index contributed by atoms with van der Waals surface area (Å²) in [5.74, 6) is 0. The van der Waals surface area contributed by atoms with E-state index in [0.29, 0.717) is 22.7 Å². The lowest BCUT2D eigenvalue weighted by atomic mass is 9.33. The van der Waals surface area contributed by atoms with Crippen LogP contribution >= 0.6 is 0 Å². The molecule has 16 rings (SSSR count). The topological polar surface area (TPSA) is 21.3 Å². The van der Waals surface area contributed by atoms with Gasteiger partial charge in [-0.3, -0.25) is 0 Å². The van der Waals surface area contributed by atoms with E-state index < -0.39 is 125 Å². The highest BCUT2D eigenvalue weighted by molar-refractivity contribution is 7.00. The molecule has 5 heterocycles. The van der Waals surface area contributed by atoms with Gasteiger partial charge in [-0.25, -0.2) is 0 Å². The molecule has 0 fully saturated rings. The molecule has 0 radical (unpaired) electrons. The second kappa shape index (κ2) is 21.0. The van der Waals surface area contributed by atoms with Gasteiger partial charge in [0.05, 0.1) is 60.7 Å². The summed E-state index contributed by atoms with van der Waals surface area (Å²) in [5.41, 5.74) is 14.5. The summed E-state index contributed by atoms with van der Waals surface area (Å²) < 4.78 is 156. The maximum atomic E-state index is 9.79. The van der Waals surface area contributed by atoms with Crippen molar-refractivity contribution in [3.05, 3.63) is 251 Å². The Morgan fingerprint density at radius 2 is 0.542 bits per heavy atom. The number of anilines is 6. The average molecular weight is 1270 g/mol. The Morgan fingerprint density at radius 1 is 0.250 bits per heavy atom. The van der Waals surface area contributed by atoms with Crippen LogP contribution in [-0.4, -0.2) is 20.4 Å². The van der Waals surface area contributed by atoms with Crippen molar-refractivity contribution in [2.45, 2.75) is 157 Å². The summed E-state index contributed by atoms with van der Waals surface area (Å²) in [6, 6.07) is 35.5. The standard InChI is InChI=1S/C90H90BN5/c1-85(2,3)55-35-41-78-70(49-55)71-50-56(86(4,5)6)36-42-79(71)94(78)65-53-82-84-83(54-65)96(64-47-59(89(13,14)15)44-60(48-64)90(16,17)18)81-52-62(93-76-33-25-21-29-68(76)69-30-22-26-34-77(69)93)38-40-73(81)91(84)72-39-37-61(92-74-31-23-19-27-66(74)67-28-20-24-32-75(67)92)51-80(72)95(82)63-45-57(87(7,8)9)43-58(46-63)88(10,11)12/h19-54H,1-18H3/i19D,20D,21D,22D,23D,24D,25D,26D,27D,28D,29D,30D,31D,32D,33D,34D. The predicted molar refractivity (Wildman–Crippen MR) is 416 cm³/mol. The zero-order chi connectivity index (χ0) is 81.2. The van der Waals surface area contributed by atoms with Gasteiger partial charge < -0.3 is 23.5 Å². The molecule has 2 aliphatic heterocycles. The van der Waals surface area contributed by atoms with Crippen LogP contribution in [0.2, 0.25) is 0 Å². The van der Waals surface area contributed by atoms with Gasteiger partial charge in [0.15, 0.2) is 0 Å². The van der Waals surface area contributed by atoms with Crippen molar-refractivity contribution < 1.29 is 21.9 Å². The van der Waals surface area contributed by atoms with Crippen molar-refractivity contribution in [2.75, 3.05) is 9.80 Å². The minimum atomic E-state index is -0.706. The van der Waals surface area contributed by atoms with E-state index in [9.17, 15) is 16.4 Å². The van der Waals surface area contributed by atoms with Crippen molar-refractivity contribution >= 4 is 123 Å². The highest BCUT2D eigenvalue weighted by Crippen LogP contribution is 2.51. The van der Waals surface area contributed by atoms with Crippen LogP contribution in [0.15, 0.2) is 218 Å². The molecule has 0 amide bonds. The number of para-hydroxylation sites is 4. The first-order valence-electron chi connectivity index (χ1n) is 41.5. The lowest BCUT2D eigenvalue weighted by molar-refractivity contribution is 0.568. The zero-order valence-electron chi connectivity index (χ0n) is 74.4. The number of hydrogen-bond donors (Lipinski definition) is 0. The molecule has 0 spiro atoms. The normalized spacial score (nSPS) is 16.2. The number of fused-ring (bicyclic) bond motifs is 13. The monoisotopic (exact) mass is 1270 g/mol. The molecule has 96 heavy (non-hydrogen) atoms. The third-order valence-electron chi connectivity index (χ3n) is 20.2. The van der Waals surface area contributed by atoms with Crippen molar-refractivity contribution in [2.24, 2.45) is 0 Å². The highest BCUT2D eigenvalue weighted by Gasteiger charge is 2.45. The molecule has 0 unspecified atom stereocenters. The molecule has 0 saturated carbocycles. The van der Waals surface area contributed by atoms with E-state index in [1.54, 1.807) is 9.13 Å². The van der Waals surface area contributed by atoms with Crippen LogP contribution in [0.25, 0.3) is 82.5 Å². The summed E-state index contributed by atoms with van der Waals surface area (Å²) in [6.07, 6.45) is 0. The summed E-state index contributed by atoms with van der Waals surface area (Å²) in [4.78, 5) is 4.62. The van der Waals surface area contributed by atoms with Crippen molar-refractivity contribution in [3.63, 3.8) is 0 Å². The fraction of sp³-hybridized carbons (Fsp3) is 0.267. The van der Waals surface area contributed by atoms with Crippen LogP contribution in [0, 0.1) is 0 Å². The van der Waals surface area contributed by atoms with Gasteiger partial charge in [0.1, 0.15) is 0 Å². The first-order chi connectivity index (χ1) is 52.0. The predicted octanol–water partition coefficient (Wildman–Crippen LogP) is 22.8. The second-order valence-electron chi connectivity index (χ2n) is 32.9. The van der Waals surface area contributed by atoms with E-state index >= 15 is 0 Å². The largest absolute Gasteiger partial charge is 0.311 e. The summed E-state index contributed by atoms with van der Waals surface area (Å²) in [7, 11) is 0. The molecule has 6 heteroatoms. The maximum absolute atomic E-state index is 9.79. The van der Waals surface area contributed by atoms with Crippen molar-refractivity contribution in [1.82, 2.24) is 13.7 Å². The number of rotatable bonds is 5. The maximum Gasteiger partial charge on any atom is 0.252 e. The highest BCUT2D eigenvalue weighted by atomic mass is 15.2. The Bertz CT molecular complexity index is 5950. The number of nitrogens with zero attached hydrogens (tertiary/aromatic N) is 5. The number of hydrogen-bond acceptors (Lipinski definition) is 2. The van der Waals surface area contributed by atoms with E-state index in [4.69, 9.17) is 5.48 Å². The van der Waals surface area contributed by atoms with Crippen LogP contribution in [-0.2, 0) is 32.5 Å². The van der Waals surface area contributed by atoms with Gasteiger partial charge in [0.2, 0.25) is 0 Å². The van der Waals surface area contributed by atoms with Gasteiger partial charge in [-0.2, -0.15) is 0 Å². The molecular weight excluding hydrogens is 1160 g/mol. The first-order valence-corrected chi connectivity index (χ1v) is 33.5. The molecule has 0 N–H and O–H groups in total. The van der Waals surface area contributed by atoms with Crippen LogP contribution in [0.4, 0.5) is 34.1 Å². The van der Waals surface area contributed by atoms with Gasteiger partial charge in [0, 0.05) is 77.8 Å². The van der Waals surface area contributed by atoms with E-state index in [-0.39, 0.29) is 54.4 Å². The van der Waals surface area contributed by atoms with Gasteiger partial charge in [-0.1, -0.05) is 234 Å². The number of aromatic nitrogens is 3. The van der Waals surface area contributed by atoms with E-state index in [1.165, 1.54) is 0 Å². The lowest BCUT2D eigenvalue weighted by Crippen LogP contribution is -2.61. The molecule has 11 aromatic carbocycles. The number of benzene rings is 11. The fourth-order valence-corrected chi connectivity index (χ4v) is 14.7. The average Bonchev–Trinajstić information content (AvgIpc) is 0.973. The Hall–Kier alpha value is -9.52. The van der Waals surface area contributed by atoms with E-state index in [1.807, 2.05) is 36.4 Å². The Labute approximate surface area is 591 Å². The molecule has 0 bridgehead atoms. The Balaban J connectivity index is 1.15. The van der Waals surface area contributed by atoms with Gasteiger partial charge in [0.25, 0.3) is 6.71 Å². The van der Waals surface area contributed by atoms with Crippen molar-refractivity contribution in [1.29, 1.82) is 0 Å². The van der Waals surface area contributed by atoms with Crippen LogP contribution in [0.1, 0.15) is 180 Å². The fourth-order valence-electron chi connectivity index (χ4n) is 14.7. The second-order valence-corrected chi connectivity index (χ2v) is 32.9. The summed E-state index contributed by atoms with van der Waals surface area (Å²) >= 11 is 0. The van der Waals surface area contributed by atoms with Crippen molar-refractivity contribution in [3.8, 4) is 17.1 Å². The molecule has 14 aromatic rings. The first kappa shape index (κ1) is 45.8. The summed E-state index contributed by atoms with van der Waals surface area (Å²) in [6.45, 7) is 39.1. The Kier molecular flexibility index (Phi) is 10.0. The lowest BCUT2D eigenvalue weighted by Gasteiger charge is -2.45. The zero-order valence-corrected chi connectivity index (χ0v) is 58.4. The van der Waals surface area contributed by atoms with Gasteiger partial charge in [-0.05, 0) is 191 Å². The molecule has 2 aliphatic rings. The van der Waals surface area contributed by atoms with Gasteiger partial charge in [-0.15, -0.1) is 0 Å². The summed E-state index contributed by atoms with van der Waals surface area (Å²) in [5, 5.41) is 1.90. The van der Waals surface area contributed by atoms with Gasteiger partial charge >= 0.3 is 0 Å². The molecule has 478 valence electrons. The minimum Gasteiger partial charge on any atom is -0.311 e.